The van der Waals surface area contributed by atoms with Crippen LogP contribution < -0.4 is 0 Å². The highest BCUT2D eigenvalue weighted by Gasteiger charge is 2.14. The second-order valence-electron chi connectivity index (χ2n) is 6.09. The van der Waals surface area contributed by atoms with Gasteiger partial charge in [0.1, 0.15) is 10.5 Å². The molecular formula is C18H32N6S2. The number of fused-ring (bicyclic) bond motifs is 1. The van der Waals surface area contributed by atoms with Crippen molar-refractivity contribution in [2.45, 2.75) is 37.9 Å². The van der Waals surface area contributed by atoms with Crippen LogP contribution in [0.15, 0.2) is 16.5 Å². The molecule has 26 heavy (non-hydrogen) atoms. The number of thioether (sulfide) groups is 2. The van der Waals surface area contributed by atoms with Crippen LogP contribution in [-0.4, -0.2) is 80.1 Å². The van der Waals surface area contributed by atoms with Crippen LogP contribution in [0.1, 0.15) is 27.7 Å². The lowest BCUT2D eigenvalue weighted by molar-refractivity contribution is 0.323. The van der Waals surface area contributed by atoms with Gasteiger partial charge in [-0.05, 0) is 26.2 Å². The van der Waals surface area contributed by atoms with Crippen LogP contribution in [0.3, 0.4) is 0 Å². The molecule has 0 amide bonds. The molecule has 2 heterocycles. The van der Waals surface area contributed by atoms with Gasteiger partial charge in [0, 0.05) is 31.6 Å². The van der Waals surface area contributed by atoms with Gasteiger partial charge in [-0.3, -0.25) is 0 Å². The first-order valence-electron chi connectivity index (χ1n) is 9.52. The van der Waals surface area contributed by atoms with E-state index in [1.807, 2.05) is 29.7 Å². The topological polar surface area (TPSA) is 50.1 Å². The minimum absolute atomic E-state index is 0.804. The quantitative estimate of drug-likeness (QED) is 0.310. The van der Waals surface area contributed by atoms with E-state index in [4.69, 9.17) is 4.98 Å². The highest BCUT2D eigenvalue weighted by molar-refractivity contribution is 8.00. The number of aromatic nitrogens is 4. The molecule has 0 spiro atoms. The molecule has 0 bridgehead atoms. The third-order valence-electron chi connectivity index (χ3n) is 4.59. The molecule has 0 unspecified atom stereocenters. The van der Waals surface area contributed by atoms with Crippen molar-refractivity contribution in [3.63, 3.8) is 0 Å². The molecule has 0 N–H and O–H groups in total. The van der Waals surface area contributed by atoms with Gasteiger partial charge in [0.05, 0.1) is 6.33 Å². The van der Waals surface area contributed by atoms with Crippen LogP contribution in [0.4, 0.5) is 0 Å². The Morgan fingerprint density at radius 3 is 2.04 bits per heavy atom. The van der Waals surface area contributed by atoms with Crippen LogP contribution in [0.2, 0.25) is 0 Å². The summed E-state index contributed by atoms with van der Waals surface area (Å²) in [4.78, 5) is 18.8. The molecule has 0 aliphatic carbocycles. The Balaban J connectivity index is 2.07. The molecule has 6 nitrogen and oxygen atoms in total. The Bertz CT molecular complexity index is 667. The summed E-state index contributed by atoms with van der Waals surface area (Å²) in [6.45, 7) is 15.3. The van der Waals surface area contributed by atoms with Crippen LogP contribution in [-0.2, 0) is 7.05 Å². The van der Waals surface area contributed by atoms with Gasteiger partial charge in [0.25, 0.3) is 0 Å². The first-order chi connectivity index (χ1) is 12.6. The Morgan fingerprint density at radius 2 is 1.46 bits per heavy atom. The van der Waals surface area contributed by atoms with Gasteiger partial charge in [0.15, 0.2) is 10.8 Å². The Morgan fingerprint density at radius 1 is 0.885 bits per heavy atom. The van der Waals surface area contributed by atoms with Crippen molar-refractivity contribution in [3.8, 4) is 0 Å². The lowest BCUT2D eigenvalue weighted by Gasteiger charge is -2.17. The van der Waals surface area contributed by atoms with E-state index in [0.29, 0.717) is 0 Å². The van der Waals surface area contributed by atoms with Gasteiger partial charge in [-0.15, -0.1) is 11.8 Å². The van der Waals surface area contributed by atoms with Crippen molar-refractivity contribution >= 4 is 34.7 Å². The van der Waals surface area contributed by atoms with Gasteiger partial charge < -0.3 is 14.4 Å². The third kappa shape index (κ3) is 5.84. The van der Waals surface area contributed by atoms with E-state index in [2.05, 4.69) is 47.5 Å². The fourth-order valence-electron chi connectivity index (χ4n) is 2.78. The highest BCUT2D eigenvalue weighted by atomic mass is 32.2. The summed E-state index contributed by atoms with van der Waals surface area (Å²) in [7, 11) is 2.01. The molecule has 0 saturated heterocycles. The van der Waals surface area contributed by atoms with Crippen LogP contribution in [0.25, 0.3) is 11.2 Å². The van der Waals surface area contributed by atoms with E-state index in [-0.39, 0.29) is 0 Å². The Kier molecular flexibility index (Phi) is 9.18. The van der Waals surface area contributed by atoms with Crippen molar-refractivity contribution in [1.29, 1.82) is 0 Å². The van der Waals surface area contributed by atoms with Gasteiger partial charge in [-0.2, -0.15) is 0 Å². The maximum atomic E-state index is 4.85. The van der Waals surface area contributed by atoms with E-state index in [1.165, 1.54) is 0 Å². The molecule has 2 aromatic heterocycles. The minimum atomic E-state index is 0.804. The largest absolute Gasteiger partial charge is 0.330 e. The van der Waals surface area contributed by atoms with E-state index >= 15 is 0 Å². The van der Waals surface area contributed by atoms with Crippen LogP contribution in [0, 0.1) is 0 Å². The molecule has 0 atom stereocenters. The highest BCUT2D eigenvalue weighted by Crippen LogP contribution is 2.27. The number of imidazole rings is 1. The molecule has 0 aliphatic heterocycles. The lowest BCUT2D eigenvalue weighted by Crippen LogP contribution is -2.25. The second kappa shape index (κ2) is 11.1. The first-order valence-corrected chi connectivity index (χ1v) is 11.5. The van der Waals surface area contributed by atoms with Crippen molar-refractivity contribution in [2.75, 3.05) is 50.8 Å². The second-order valence-corrected chi connectivity index (χ2v) is 8.24. The number of nitrogens with zero attached hydrogens (tertiary/aromatic N) is 6. The van der Waals surface area contributed by atoms with E-state index in [0.717, 1.165) is 72.1 Å². The number of aryl methyl sites for hydroxylation is 1. The Hall–Kier alpha value is -0.830. The normalized spacial score (nSPS) is 12.0. The summed E-state index contributed by atoms with van der Waals surface area (Å²) in [6.07, 6.45) is 1.83. The van der Waals surface area contributed by atoms with E-state index in [9.17, 15) is 0 Å². The molecule has 0 aromatic carbocycles. The molecule has 0 radical (unpaired) electrons. The summed E-state index contributed by atoms with van der Waals surface area (Å²) in [5.74, 6) is 2.03. The summed E-state index contributed by atoms with van der Waals surface area (Å²) in [5, 5.41) is 1.89. The average molecular weight is 397 g/mol. The van der Waals surface area contributed by atoms with Gasteiger partial charge in [-0.25, -0.2) is 15.0 Å². The van der Waals surface area contributed by atoms with E-state index < -0.39 is 0 Å². The van der Waals surface area contributed by atoms with E-state index in [1.54, 1.807) is 11.8 Å². The smallest absolute Gasteiger partial charge is 0.190 e. The summed E-state index contributed by atoms with van der Waals surface area (Å²) in [6, 6.07) is 0. The predicted octanol–water partition coefficient (Wildman–Crippen LogP) is 3.23. The number of rotatable bonds is 12. The average Bonchev–Trinajstić information content (AvgIpc) is 3.03. The maximum absolute atomic E-state index is 4.85. The van der Waals surface area contributed by atoms with Gasteiger partial charge >= 0.3 is 0 Å². The van der Waals surface area contributed by atoms with Crippen LogP contribution in [0.5, 0.6) is 0 Å². The zero-order chi connectivity index (χ0) is 18.9. The van der Waals surface area contributed by atoms with Crippen molar-refractivity contribution in [3.05, 3.63) is 6.33 Å². The monoisotopic (exact) mass is 396 g/mol. The molecular weight excluding hydrogens is 364 g/mol. The minimum Gasteiger partial charge on any atom is -0.330 e. The fourth-order valence-corrected chi connectivity index (χ4v) is 4.75. The summed E-state index contributed by atoms with van der Waals surface area (Å²) < 4.78 is 2.03. The number of hydrogen-bond donors (Lipinski definition) is 0. The Labute approximate surface area is 166 Å². The molecule has 2 aromatic rings. The van der Waals surface area contributed by atoms with Gasteiger partial charge in [0.2, 0.25) is 0 Å². The molecule has 8 heteroatoms. The summed E-state index contributed by atoms with van der Waals surface area (Å²) >= 11 is 3.54. The molecule has 146 valence electrons. The third-order valence-corrected chi connectivity index (χ3v) is 6.37. The SMILES string of the molecule is CCN(CC)CCSc1nc(SCCN(CC)CC)c2c(ncn2C)n1. The van der Waals surface area contributed by atoms with Crippen molar-refractivity contribution in [1.82, 2.24) is 29.3 Å². The first kappa shape index (κ1) is 21.5. The van der Waals surface area contributed by atoms with Crippen LogP contribution >= 0.6 is 23.5 Å². The van der Waals surface area contributed by atoms with Crippen molar-refractivity contribution in [2.24, 2.45) is 7.05 Å². The van der Waals surface area contributed by atoms with Crippen molar-refractivity contribution < 1.29 is 0 Å². The van der Waals surface area contributed by atoms with Gasteiger partial charge in [-0.1, -0.05) is 39.5 Å². The zero-order valence-electron chi connectivity index (χ0n) is 16.7. The molecule has 2 rings (SSSR count). The maximum Gasteiger partial charge on any atom is 0.190 e. The predicted molar refractivity (Wildman–Crippen MR) is 113 cm³/mol. The standard InChI is InChI=1S/C18H32N6S2/c1-6-23(7-2)10-12-25-17-15-16(19-14-22(15)5)20-18(21-17)26-13-11-24(8-3)9-4/h14H,6-13H2,1-5H3. The number of hydrogen-bond acceptors (Lipinski definition) is 7. The summed E-state index contributed by atoms with van der Waals surface area (Å²) in [5.41, 5.74) is 1.85. The molecule has 0 saturated carbocycles. The lowest BCUT2D eigenvalue weighted by atomic mass is 10.5. The zero-order valence-corrected chi connectivity index (χ0v) is 18.4. The fraction of sp³-hybridized carbons (Fsp3) is 0.722. The molecule has 0 fully saturated rings. The molecule has 0 aliphatic rings.